The first-order chi connectivity index (χ1) is 9.16. The standard InChI is InChI=1S/C16H28O2Si2/c1-14(13-16(17-2)18-19(3,4)5)20(6,7)15-11-9-8-10-12-15/h8-14H,1-7H3/b16-13-. The lowest BCUT2D eigenvalue weighted by Crippen LogP contribution is -2.44. The summed E-state index contributed by atoms with van der Waals surface area (Å²) in [6.45, 7) is 13.6. The van der Waals surface area contributed by atoms with Crippen molar-refractivity contribution in [3.05, 3.63) is 42.4 Å². The highest BCUT2D eigenvalue weighted by molar-refractivity contribution is 6.91. The summed E-state index contributed by atoms with van der Waals surface area (Å²) in [5.74, 6) is 0.688. The smallest absolute Gasteiger partial charge is 0.260 e. The molecule has 1 rings (SSSR count). The van der Waals surface area contributed by atoms with Crippen LogP contribution in [-0.4, -0.2) is 23.5 Å². The summed E-state index contributed by atoms with van der Waals surface area (Å²) >= 11 is 0. The van der Waals surface area contributed by atoms with E-state index < -0.39 is 16.4 Å². The summed E-state index contributed by atoms with van der Waals surface area (Å²) in [7, 11) is -1.49. The molecule has 0 aliphatic heterocycles. The molecule has 0 spiro atoms. The van der Waals surface area contributed by atoms with E-state index in [4.69, 9.17) is 9.16 Å². The van der Waals surface area contributed by atoms with Crippen molar-refractivity contribution in [3.8, 4) is 0 Å². The Balaban J connectivity index is 2.95. The van der Waals surface area contributed by atoms with Crippen molar-refractivity contribution in [2.24, 2.45) is 0 Å². The SMILES string of the molecule is CO/C(=C/C(C)[Si](C)(C)c1ccccc1)O[Si](C)(C)C. The van der Waals surface area contributed by atoms with Gasteiger partial charge in [-0.2, -0.15) is 0 Å². The van der Waals surface area contributed by atoms with Crippen molar-refractivity contribution in [2.45, 2.75) is 45.2 Å². The van der Waals surface area contributed by atoms with Crippen molar-refractivity contribution in [2.75, 3.05) is 7.11 Å². The van der Waals surface area contributed by atoms with Gasteiger partial charge in [-0.1, -0.05) is 55.5 Å². The topological polar surface area (TPSA) is 18.5 Å². The van der Waals surface area contributed by atoms with E-state index in [2.05, 4.69) is 76.1 Å². The summed E-state index contributed by atoms with van der Waals surface area (Å²) in [5, 5.41) is 1.47. The van der Waals surface area contributed by atoms with Gasteiger partial charge in [0, 0.05) is 0 Å². The quantitative estimate of drug-likeness (QED) is 0.575. The monoisotopic (exact) mass is 308 g/mol. The summed E-state index contributed by atoms with van der Waals surface area (Å²) in [5.41, 5.74) is 0.455. The van der Waals surface area contributed by atoms with Crippen LogP contribution in [0.2, 0.25) is 38.3 Å². The second-order valence-electron chi connectivity index (χ2n) is 6.78. The maximum absolute atomic E-state index is 5.99. The lowest BCUT2D eigenvalue weighted by molar-refractivity contribution is 0.145. The molecule has 1 unspecified atom stereocenters. The fraction of sp³-hybridized carbons (Fsp3) is 0.500. The highest BCUT2D eigenvalue weighted by Crippen LogP contribution is 2.25. The van der Waals surface area contributed by atoms with Gasteiger partial charge >= 0.3 is 0 Å². The molecule has 1 aromatic rings. The number of hydrogen-bond donors (Lipinski definition) is 0. The van der Waals surface area contributed by atoms with Crippen LogP contribution in [0.25, 0.3) is 0 Å². The Morgan fingerprint density at radius 3 is 2.05 bits per heavy atom. The molecule has 2 nitrogen and oxygen atoms in total. The van der Waals surface area contributed by atoms with Crippen LogP contribution in [0.4, 0.5) is 0 Å². The number of methoxy groups -OCH3 is 1. The van der Waals surface area contributed by atoms with E-state index in [1.807, 2.05) is 0 Å². The fourth-order valence-corrected chi connectivity index (χ4v) is 4.87. The van der Waals surface area contributed by atoms with Crippen LogP contribution in [0.15, 0.2) is 42.4 Å². The van der Waals surface area contributed by atoms with Gasteiger partial charge in [0.15, 0.2) is 0 Å². The van der Waals surface area contributed by atoms with Gasteiger partial charge in [-0.05, 0) is 31.3 Å². The highest BCUT2D eigenvalue weighted by Gasteiger charge is 2.30. The van der Waals surface area contributed by atoms with E-state index in [1.165, 1.54) is 5.19 Å². The van der Waals surface area contributed by atoms with Crippen molar-refractivity contribution in [3.63, 3.8) is 0 Å². The van der Waals surface area contributed by atoms with E-state index in [0.717, 1.165) is 0 Å². The molecule has 0 aromatic heterocycles. The van der Waals surface area contributed by atoms with E-state index in [9.17, 15) is 0 Å². The third-order valence-electron chi connectivity index (χ3n) is 3.65. The van der Waals surface area contributed by atoms with Crippen LogP contribution < -0.4 is 5.19 Å². The molecule has 20 heavy (non-hydrogen) atoms. The molecule has 0 fully saturated rings. The molecule has 4 heteroatoms. The lowest BCUT2D eigenvalue weighted by atomic mass is 10.4. The Morgan fingerprint density at radius 1 is 1.05 bits per heavy atom. The second kappa shape index (κ2) is 6.63. The van der Waals surface area contributed by atoms with Crippen molar-refractivity contribution < 1.29 is 9.16 Å². The molecular weight excluding hydrogens is 280 g/mol. The molecule has 1 atom stereocenters. The minimum Gasteiger partial charge on any atom is -0.520 e. The molecule has 0 heterocycles. The van der Waals surface area contributed by atoms with E-state index in [-0.39, 0.29) is 0 Å². The van der Waals surface area contributed by atoms with Crippen LogP contribution in [0, 0.1) is 0 Å². The van der Waals surface area contributed by atoms with Gasteiger partial charge < -0.3 is 9.16 Å². The van der Waals surface area contributed by atoms with Gasteiger partial charge in [0.05, 0.1) is 15.2 Å². The number of hydrogen-bond acceptors (Lipinski definition) is 2. The zero-order valence-corrected chi connectivity index (χ0v) is 15.9. The summed E-state index contributed by atoms with van der Waals surface area (Å²) in [4.78, 5) is 0. The zero-order chi connectivity index (χ0) is 15.4. The average molecular weight is 309 g/mol. The van der Waals surface area contributed by atoms with E-state index in [0.29, 0.717) is 11.5 Å². The molecule has 0 amide bonds. The predicted octanol–water partition coefficient (Wildman–Crippen LogP) is 4.33. The van der Waals surface area contributed by atoms with Crippen LogP contribution in [0.1, 0.15) is 6.92 Å². The first kappa shape index (κ1) is 17.0. The van der Waals surface area contributed by atoms with Crippen LogP contribution >= 0.6 is 0 Å². The largest absolute Gasteiger partial charge is 0.520 e. The molecule has 0 bridgehead atoms. The Morgan fingerprint density at radius 2 is 1.60 bits per heavy atom. The molecular formula is C16H28O2Si2. The van der Waals surface area contributed by atoms with Crippen LogP contribution in [0.5, 0.6) is 0 Å². The minimum absolute atomic E-state index is 0.455. The molecule has 0 aliphatic carbocycles. The zero-order valence-electron chi connectivity index (χ0n) is 13.9. The normalized spacial score (nSPS) is 14.8. The minimum atomic E-state index is -1.62. The van der Waals surface area contributed by atoms with Gasteiger partial charge in [-0.3, -0.25) is 0 Å². The molecule has 0 radical (unpaired) electrons. The summed E-state index contributed by atoms with van der Waals surface area (Å²) < 4.78 is 11.4. The summed E-state index contributed by atoms with van der Waals surface area (Å²) in [6, 6.07) is 10.8. The maximum atomic E-state index is 5.99. The van der Waals surface area contributed by atoms with Gasteiger partial charge in [0.25, 0.3) is 5.95 Å². The Kier molecular flexibility index (Phi) is 5.65. The molecule has 1 aromatic carbocycles. The highest BCUT2D eigenvalue weighted by atomic mass is 28.4. The number of allylic oxidation sites excluding steroid dienone is 1. The first-order valence-electron chi connectivity index (χ1n) is 7.17. The molecule has 0 N–H and O–H groups in total. The third-order valence-corrected chi connectivity index (χ3v) is 8.73. The van der Waals surface area contributed by atoms with E-state index >= 15 is 0 Å². The van der Waals surface area contributed by atoms with E-state index in [1.54, 1.807) is 7.11 Å². The van der Waals surface area contributed by atoms with Crippen LogP contribution in [0.3, 0.4) is 0 Å². The molecule has 0 aliphatic rings. The number of rotatable bonds is 6. The molecule has 0 saturated carbocycles. The van der Waals surface area contributed by atoms with Crippen molar-refractivity contribution in [1.82, 2.24) is 0 Å². The van der Waals surface area contributed by atoms with Crippen molar-refractivity contribution in [1.29, 1.82) is 0 Å². The lowest BCUT2D eigenvalue weighted by Gasteiger charge is -2.29. The maximum Gasteiger partial charge on any atom is 0.260 e. The number of benzene rings is 1. The van der Waals surface area contributed by atoms with Crippen molar-refractivity contribution >= 4 is 21.6 Å². The second-order valence-corrected chi connectivity index (χ2v) is 16.1. The summed E-state index contributed by atoms with van der Waals surface area (Å²) in [6.07, 6.45) is 2.16. The van der Waals surface area contributed by atoms with Crippen LogP contribution in [-0.2, 0) is 9.16 Å². The predicted molar refractivity (Wildman–Crippen MR) is 92.5 cm³/mol. The van der Waals surface area contributed by atoms with Gasteiger partial charge in [-0.15, -0.1) is 0 Å². The Hall–Kier alpha value is -1.01. The fourth-order valence-electron chi connectivity index (χ4n) is 1.99. The molecule has 112 valence electrons. The third kappa shape index (κ3) is 4.83. The van der Waals surface area contributed by atoms with Gasteiger partial charge in [-0.25, -0.2) is 0 Å². The molecule has 0 saturated heterocycles. The first-order valence-corrected chi connectivity index (χ1v) is 13.7. The van der Waals surface area contributed by atoms with Gasteiger partial charge in [0.1, 0.15) is 0 Å². The average Bonchev–Trinajstić information content (AvgIpc) is 2.37. The van der Waals surface area contributed by atoms with Gasteiger partial charge in [0.2, 0.25) is 8.32 Å². The number of ether oxygens (including phenoxy) is 1. The Bertz CT molecular complexity index is 447. The Labute approximate surface area is 126 Å².